The van der Waals surface area contributed by atoms with Crippen LogP contribution in [0.25, 0.3) is 0 Å². The van der Waals surface area contributed by atoms with Crippen LogP contribution in [0.5, 0.6) is 0 Å². The van der Waals surface area contributed by atoms with Gasteiger partial charge < -0.3 is 10.6 Å². The highest BCUT2D eigenvalue weighted by Gasteiger charge is 2.47. The zero-order valence-electron chi connectivity index (χ0n) is 11.3. The zero-order chi connectivity index (χ0) is 13.3. The van der Waals surface area contributed by atoms with Crippen molar-refractivity contribution in [1.82, 2.24) is 5.32 Å². The minimum Gasteiger partial charge on any atom is -0.325 e. The summed E-state index contributed by atoms with van der Waals surface area (Å²) in [6.07, 6.45) is 5.24. The second-order valence-corrected chi connectivity index (χ2v) is 6.42. The Morgan fingerprint density at radius 1 is 1.42 bits per heavy atom. The average molecular weight is 276 g/mol. The van der Waals surface area contributed by atoms with Gasteiger partial charge in [0.25, 0.3) is 0 Å². The molecule has 1 atom stereocenters. The van der Waals surface area contributed by atoms with Crippen LogP contribution in [0.15, 0.2) is 18.2 Å². The highest BCUT2D eigenvalue weighted by Crippen LogP contribution is 2.42. The number of carbonyl (C=O) groups is 1. The summed E-state index contributed by atoms with van der Waals surface area (Å²) in [5.74, 6) is 1.31. The van der Waals surface area contributed by atoms with Crippen molar-refractivity contribution in [2.45, 2.75) is 24.7 Å². The number of benzene rings is 1. The maximum absolute atomic E-state index is 12.4. The van der Waals surface area contributed by atoms with Gasteiger partial charge in [-0.1, -0.05) is 12.1 Å². The molecule has 102 valence electrons. The lowest BCUT2D eigenvalue weighted by Gasteiger charge is -2.32. The molecular formula is C15H20N2OS. The lowest BCUT2D eigenvalue weighted by Crippen LogP contribution is -2.47. The molecule has 2 heterocycles. The third kappa shape index (κ3) is 2.17. The van der Waals surface area contributed by atoms with Gasteiger partial charge in [-0.25, -0.2) is 0 Å². The standard InChI is InChI=1S/C15H20N2OS/c1-19-8-5-11-3-4-13-12(9-11)15(14(18)17-13)6-2-7-16-10-15/h3-4,9,16H,2,5-8,10H2,1H3,(H,17,18). The molecule has 1 fully saturated rings. The van der Waals surface area contributed by atoms with Crippen molar-refractivity contribution in [2.24, 2.45) is 0 Å². The Balaban J connectivity index is 1.96. The van der Waals surface area contributed by atoms with Gasteiger partial charge in [0.05, 0.1) is 5.41 Å². The molecule has 3 nitrogen and oxygen atoms in total. The van der Waals surface area contributed by atoms with Crippen molar-refractivity contribution in [2.75, 3.05) is 30.4 Å². The quantitative estimate of drug-likeness (QED) is 0.889. The zero-order valence-corrected chi connectivity index (χ0v) is 12.1. The average Bonchev–Trinajstić information content (AvgIpc) is 2.70. The third-order valence-corrected chi connectivity index (χ3v) is 4.87. The molecule has 1 saturated heterocycles. The SMILES string of the molecule is CSCCc1ccc2c(c1)C1(CCCNC1)C(=O)N2. The van der Waals surface area contributed by atoms with E-state index in [0.717, 1.165) is 43.8 Å². The summed E-state index contributed by atoms with van der Waals surface area (Å²) in [6, 6.07) is 6.47. The van der Waals surface area contributed by atoms with Crippen molar-refractivity contribution in [3.63, 3.8) is 0 Å². The first kappa shape index (κ1) is 13.0. The molecule has 0 aromatic heterocycles. The molecular weight excluding hydrogens is 256 g/mol. The Hall–Kier alpha value is -1.00. The number of aryl methyl sites for hydroxylation is 1. The van der Waals surface area contributed by atoms with Crippen molar-refractivity contribution in [3.05, 3.63) is 29.3 Å². The van der Waals surface area contributed by atoms with Crippen LogP contribution >= 0.6 is 11.8 Å². The molecule has 0 saturated carbocycles. The van der Waals surface area contributed by atoms with Crippen LogP contribution in [-0.4, -0.2) is 31.0 Å². The molecule has 0 radical (unpaired) electrons. The van der Waals surface area contributed by atoms with Crippen molar-refractivity contribution >= 4 is 23.4 Å². The third-order valence-electron chi connectivity index (χ3n) is 4.26. The maximum atomic E-state index is 12.4. The van der Waals surface area contributed by atoms with Gasteiger partial charge in [-0.15, -0.1) is 0 Å². The van der Waals surface area contributed by atoms with E-state index < -0.39 is 0 Å². The summed E-state index contributed by atoms with van der Waals surface area (Å²) in [6.45, 7) is 1.80. The fourth-order valence-corrected chi connectivity index (χ4v) is 3.60. The Morgan fingerprint density at radius 3 is 3.05 bits per heavy atom. The number of anilines is 1. The van der Waals surface area contributed by atoms with E-state index in [-0.39, 0.29) is 11.3 Å². The van der Waals surface area contributed by atoms with Gasteiger partial charge in [0.1, 0.15) is 0 Å². The minimum absolute atomic E-state index is 0.178. The second kappa shape index (κ2) is 5.17. The molecule has 1 spiro atoms. The smallest absolute Gasteiger partial charge is 0.236 e. The van der Waals surface area contributed by atoms with Crippen LogP contribution in [0.1, 0.15) is 24.0 Å². The Labute approximate surface area is 118 Å². The van der Waals surface area contributed by atoms with Crippen LogP contribution in [0.3, 0.4) is 0 Å². The first-order valence-corrected chi connectivity index (χ1v) is 8.30. The minimum atomic E-state index is -0.317. The molecule has 1 aromatic carbocycles. The number of rotatable bonds is 3. The Bertz CT molecular complexity index is 495. The Morgan fingerprint density at radius 2 is 2.32 bits per heavy atom. The van der Waals surface area contributed by atoms with Crippen molar-refractivity contribution in [3.8, 4) is 0 Å². The van der Waals surface area contributed by atoms with Crippen molar-refractivity contribution < 1.29 is 4.79 Å². The lowest BCUT2D eigenvalue weighted by molar-refractivity contribution is -0.121. The predicted molar refractivity (Wildman–Crippen MR) is 80.9 cm³/mol. The van der Waals surface area contributed by atoms with E-state index >= 15 is 0 Å². The molecule has 2 aliphatic heterocycles. The van der Waals surface area contributed by atoms with Gasteiger partial charge in [0, 0.05) is 12.2 Å². The molecule has 2 N–H and O–H groups in total. The monoisotopic (exact) mass is 276 g/mol. The number of amides is 1. The van der Waals surface area contributed by atoms with E-state index in [1.54, 1.807) is 0 Å². The van der Waals surface area contributed by atoms with E-state index in [2.05, 4.69) is 35.1 Å². The highest BCUT2D eigenvalue weighted by atomic mass is 32.2. The summed E-state index contributed by atoms with van der Waals surface area (Å²) in [7, 11) is 0. The normalized spacial score (nSPS) is 25.4. The van der Waals surface area contributed by atoms with Gasteiger partial charge in [0.2, 0.25) is 5.91 Å². The molecule has 0 bridgehead atoms. The van der Waals surface area contributed by atoms with Gasteiger partial charge in [-0.2, -0.15) is 11.8 Å². The molecule has 0 aliphatic carbocycles. The molecule has 1 aromatic rings. The van der Waals surface area contributed by atoms with Gasteiger partial charge in [0.15, 0.2) is 0 Å². The first-order valence-electron chi connectivity index (χ1n) is 6.91. The van der Waals surface area contributed by atoms with E-state index in [4.69, 9.17) is 0 Å². The van der Waals surface area contributed by atoms with E-state index in [1.807, 2.05) is 11.8 Å². The number of nitrogens with one attached hydrogen (secondary N) is 2. The molecule has 2 aliphatic rings. The number of piperidine rings is 1. The number of fused-ring (bicyclic) bond motifs is 2. The number of hydrogen-bond acceptors (Lipinski definition) is 3. The van der Waals surface area contributed by atoms with Crippen LogP contribution < -0.4 is 10.6 Å². The molecule has 19 heavy (non-hydrogen) atoms. The molecule has 3 rings (SSSR count). The first-order chi connectivity index (χ1) is 9.26. The molecule has 1 unspecified atom stereocenters. The van der Waals surface area contributed by atoms with Crippen LogP contribution in [0.4, 0.5) is 5.69 Å². The summed E-state index contributed by atoms with van der Waals surface area (Å²) in [5.41, 5.74) is 3.25. The van der Waals surface area contributed by atoms with Gasteiger partial charge >= 0.3 is 0 Å². The van der Waals surface area contributed by atoms with Crippen LogP contribution in [0, 0.1) is 0 Å². The highest BCUT2D eigenvalue weighted by molar-refractivity contribution is 7.98. The number of hydrogen-bond donors (Lipinski definition) is 2. The topological polar surface area (TPSA) is 41.1 Å². The van der Waals surface area contributed by atoms with E-state index in [1.165, 1.54) is 11.1 Å². The van der Waals surface area contributed by atoms with Crippen molar-refractivity contribution in [1.29, 1.82) is 0 Å². The predicted octanol–water partition coefficient (Wildman–Crippen LogP) is 2.17. The lowest BCUT2D eigenvalue weighted by atomic mass is 9.75. The van der Waals surface area contributed by atoms with E-state index in [0.29, 0.717) is 0 Å². The largest absolute Gasteiger partial charge is 0.325 e. The number of carbonyl (C=O) groups excluding carboxylic acids is 1. The van der Waals surface area contributed by atoms with Crippen LogP contribution in [0.2, 0.25) is 0 Å². The maximum Gasteiger partial charge on any atom is 0.236 e. The Kier molecular flexibility index (Phi) is 3.54. The fraction of sp³-hybridized carbons (Fsp3) is 0.533. The molecule has 4 heteroatoms. The second-order valence-electron chi connectivity index (χ2n) is 5.44. The summed E-state index contributed by atoms with van der Waals surface area (Å²) in [5, 5.41) is 6.44. The fourth-order valence-electron chi connectivity index (χ4n) is 3.17. The number of thioether (sulfide) groups is 1. The van der Waals surface area contributed by atoms with Crippen LogP contribution in [-0.2, 0) is 16.6 Å². The van der Waals surface area contributed by atoms with Gasteiger partial charge in [-0.05, 0) is 55.0 Å². The summed E-state index contributed by atoms with van der Waals surface area (Å²) < 4.78 is 0. The summed E-state index contributed by atoms with van der Waals surface area (Å²) >= 11 is 1.86. The molecule has 1 amide bonds. The van der Waals surface area contributed by atoms with E-state index in [9.17, 15) is 4.79 Å². The van der Waals surface area contributed by atoms with Gasteiger partial charge in [-0.3, -0.25) is 4.79 Å². The summed E-state index contributed by atoms with van der Waals surface area (Å²) in [4.78, 5) is 12.4.